The number of guanidine groups is 1. The Morgan fingerprint density at radius 1 is 0.964 bits per heavy atom. The third kappa shape index (κ3) is 12.4. The molecular formula is C21H47IN6. The molecule has 0 spiro atoms. The molecule has 1 rings (SSSR count). The van der Waals surface area contributed by atoms with Crippen LogP contribution in [0.15, 0.2) is 4.99 Å². The summed E-state index contributed by atoms with van der Waals surface area (Å²) in [5.74, 6) is 0.970. The monoisotopic (exact) mass is 510 g/mol. The average molecular weight is 511 g/mol. The Morgan fingerprint density at radius 2 is 1.61 bits per heavy atom. The van der Waals surface area contributed by atoms with Gasteiger partial charge in [0.15, 0.2) is 5.96 Å². The first-order valence-corrected chi connectivity index (χ1v) is 11.1. The van der Waals surface area contributed by atoms with E-state index >= 15 is 0 Å². The van der Waals surface area contributed by atoms with Gasteiger partial charge in [0.05, 0.1) is 0 Å². The normalized spacial score (nSPS) is 16.7. The van der Waals surface area contributed by atoms with E-state index in [1.807, 2.05) is 0 Å². The molecule has 0 aromatic rings. The molecule has 0 radical (unpaired) electrons. The summed E-state index contributed by atoms with van der Waals surface area (Å²) in [5.41, 5.74) is 0. The van der Waals surface area contributed by atoms with Gasteiger partial charge in [0.2, 0.25) is 0 Å². The number of aliphatic imine (C=N–C) groups is 1. The Labute approximate surface area is 191 Å². The van der Waals surface area contributed by atoms with E-state index in [1.54, 1.807) is 0 Å². The number of hydrogen-bond donors (Lipinski definition) is 2. The average Bonchev–Trinajstić information content (AvgIpc) is 2.62. The lowest BCUT2D eigenvalue weighted by molar-refractivity contribution is 0.152. The minimum atomic E-state index is 0. The fraction of sp³-hybridized carbons (Fsp3) is 0.952. The predicted octanol–water partition coefficient (Wildman–Crippen LogP) is 2.70. The first-order valence-electron chi connectivity index (χ1n) is 11.1. The van der Waals surface area contributed by atoms with Crippen molar-refractivity contribution in [3.63, 3.8) is 0 Å². The highest BCUT2D eigenvalue weighted by atomic mass is 127. The summed E-state index contributed by atoms with van der Waals surface area (Å²) < 4.78 is 0. The molecule has 1 heterocycles. The fourth-order valence-corrected chi connectivity index (χ4v) is 3.64. The first-order chi connectivity index (χ1) is 12.9. The molecule has 2 N–H and O–H groups in total. The summed E-state index contributed by atoms with van der Waals surface area (Å²) in [6.45, 7) is 21.2. The summed E-state index contributed by atoms with van der Waals surface area (Å²) in [4.78, 5) is 12.3. The molecule has 0 aromatic heterocycles. The van der Waals surface area contributed by atoms with Crippen LogP contribution in [-0.4, -0.2) is 98.7 Å². The number of rotatable bonds is 12. The molecule has 28 heavy (non-hydrogen) atoms. The minimum absolute atomic E-state index is 0. The van der Waals surface area contributed by atoms with Crippen molar-refractivity contribution in [1.29, 1.82) is 0 Å². The number of piperazine rings is 1. The van der Waals surface area contributed by atoms with Crippen LogP contribution in [-0.2, 0) is 0 Å². The van der Waals surface area contributed by atoms with Crippen molar-refractivity contribution in [3.8, 4) is 0 Å². The van der Waals surface area contributed by atoms with Gasteiger partial charge in [-0.15, -0.1) is 24.0 Å². The molecule has 168 valence electrons. The van der Waals surface area contributed by atoms with Crippen molar-refractivity contribution in [2.24, 2.45) is 4.99 Å². The molecule has 0 saturated carbocycles. The number of hydrogen-bond acceptors (Lipinski definition) is 4. The van der Waals surface area contributed by atoms with Gasteiger partial charge >= 0.3 is 0 Å². The summed E-state index contributed by atoms with van der Waals surface area (Å²) >= 11 is 0. The molecular weight excluding hydrogens is 463 g/mol. The highest BCUT2D eigenvalue weighted by Crippen LogP contribution is 2.05. The maximum Gasteiger partial charge on any atom is 0.191 e. The second kappa shape index (κ2) is 16.7. The highest BCUT2D eigenvalue weighted by Gasteiger charge is 2.13. The topological polar surface area (TPSA) is 46.1 Å². The molecule has 1 aliphatic heterocycles. The van der Waals surface area contributed by atoms with Crippen molar-refractivity contribution < 1.29 is 0 Å². The van der Waals surface area contributed by atoms with E-state index in [0.29, 0.717) is 12.1 Å². The molecule has 6 nitrogen and oxygen atoms in total. The summed E-state index contributed by atoms with van der Waals surface area (Å²) in [7, 11) is 2.21. The maximum atomic E-state index is 4.75. The molecule has 0 atom stereocenters. The molecule has 0 aromatic carbocycles. The molecule has 0 aliphatic carbocycles. The largest absolute Gasteiger partial charge is 0.357 e. The van der Waals surface area contributed by atoms with Crippen molar-refractivity contribution in [1.82, 2.24) is 25.3 Å². The lowest BCUT2D eigenvalue weighted by Crippen LogP contribution is -2.44. The van der Waals surface area contributed by atoms with Gasteiger partial charge in [0.25, 0.3) is 0 Å². The summed E-state index contributed by atoms with van der Waals surface area (Å²) in [6, 6.07) is 1.20. The maximum absolute atomic E-state index is 4.75. The first kappa shape index (κ1) is 27.9. The Hall–Kier alpha value is -0.120. The van der Waals surface area contributed by atoms with Crippen LogP contribution in [0.4, 0.5) is 0 Å². The standard InChI is InChI=1S/C21H46N6.HI/c1-7-22-21(24-12-10-14-27(19(2)3)20(4)5)23-11-8-9-13-26-17-15-25(6)16-18-26;/h19-20H,7-18H2,1-6H3,(H2,22,23,24);1H. The van der Waals surface area contributed by atoms with Gasteiger partial charge in [-0.1, -0.05) is 0 Å². The van der Waals surface area contributed by atoms with Crippen LogP contribution in [0.5, 0.6) is 0 Å². The Bertz CT molecular complexity index is 386. The van der Waals surface area contributed by atoms with Crippen LogP contribution in [0.2, 0.25) is 0 Å². The molecule has 0 bridgehead atoms. The number of likely N-dealkylation sites (N-methyl/N-ethyl adjacent to an activating group) is 1. The zero-order chi connectivity index (χ0) is 20.1. The number of halogens is 1. The van der Waals surface area contributed by atoms with E-state index in [0.717, 1.165) is 38.6 Å². The zero-order valence-corrected chi connectivity index (χ0v) is 21.7. The van der Waals surface area contributed by atoms with Crippen molar-refractivity contribution in [2.45, 2.75) is 66.0 Å². The Balaban J connectivity index is 0.00000729. The van der Waals surface area contributed by atoms with E-state index in [2.05, 4.69) is 67.0 Å². The van der Waals surface area contributed by atoms with Crippen molar-refractivity contribution in [3.05, 3.63) is 0 Å². The highest BCUT2D eigenvalue weighted by molar-refractivity contribution is 14.0. The quantitative estimate of drug-likeness (QED) is 0.183. The smallest absolute Gasteiger partial charge is 0.191 e. The van der Waals surface area contributed by atoms with Gasteiger partial charge in [-0.3, -0.25) is 9.89 Å². The molecule has 1 fully saturated rings. The van der Waals surface area contributed by atoms with Gasteiger partial charge in [0, 0.05) is 64.4 Å². The number of unbranched alkanes of at least 4 members (excludes halogenated alkanes) is 1. The molecule has 1 saturated heterocycles. The van der Waals surface area contributed by atoms with Crippen LogP contribution in [0.3, 0.4) is 0 Å². The zero-order valence-electron chi connectivity index (χ0n) is 19.3. The third-order valence-electron chi connectivity index (χ3n) is 5.30. The van der Waals surface area contributed by atoms with E-state index in [4.69, 9.17) is 4.99 Å². The fourth-order valence-electron chi connectivity index (χ4n) is 3.64. The van der Waals surface area contributed by atoms with Gasteiger partial charge < -0.3 is 20.4 Å². The van der Waals surface area contributed by atoms with Crippen LogP contribution >= 0.6 is 24.0 Å². The van der Waals surface area contributed by atoms with E-state index in [1.165, 1.54) is 45.6 Å². The second-order valence-corrected chi connectivity index (χ2v) is 8.32. The second-order valence-electron chi connectivity index (χ2n) is 8.32. The SMILES string of the molecule is CCNC(=NCCCN(C(C)C)C(C)C)NCCCCN1CCN(C)CC1.I. The van der Waals surface area contributed by atoms with Gasteiger partial charge in [-0.25, -0.2) is 0 Å². The van der Waals surface area contributed by atoms with Gasteiger partial charge in [-0.05, 0) is 67.5 Å². The summed E-state index contributed by atoms with van der Waals surface area (Å²) in [5, 5.41) is 6.87. The van der Waals surface area contributed by atoms with Crippen molar-refractivity contribution in [2.75, 3.05) is 66.0 Å². The number of nitrogens with one attached hydrogen (secondary N) is 2. The van der Waals surface area contributed by atoms with E-state index < -0.39 is 0 Å². The lowest BCUT2D eigenvalue weighted by atomic mass is 10.2. The van der Waals surface area contributed by atoms with Gasteiger partial charge in [0.1, 0.15) is 0 Å². The minimum Gasteiger partial charge on any atom is -0.357 e. The molecule has 0 amide bonds. The van der Waals surface area contributed by atoms with Crippen LogP contribution < -0.4 is 10.6 Å². The van der Waals surface area contributed by atoms with E-state index in [9.17, 15) is 0 Å². The van der Waals surface area contributed by atoms with Gasteiger partial charge in [-0.2, -0.15) is 0 Å². The molecule has 0 unspecified atom stereocenters. The van der Waals surface area contributed by atoms with Crippen molar-refractivity contribution >= 4 is 29.9 Å². The lowest BCUT2D eigenvalue weighted by Gasteiger charge is -2.32. The molecule has 1 aliphatic rings. The Morgan fingerprint density at radius 3 is 2.18 bits per heavy atom. The predicted molar refractivity (Wildman–Crippen MR) is 134 cm³/mol. The Kier molecular flexibility index (Phi) is 16.6. The van der Waals surface area contributed by atoms with E-state index in [-0.39, 0.29) is 24.0 Å². The number of nitrogens with zero attached hydrogens (tertiary/aromatic N) is 4. The van der Waals surface area contributed by atoms with Crippen LogP contribution in [0, 0.1) is 0 Å². The third-order valence-corrected chi connectivity index (χ3v) is 5.30. The summed E-state index contributed by atoms with van der Waals surface area (Å²) in [6.07, 6.45) is 3.56. The molecule has 7 heteroatoms. The van der Waals surface area contributed by atoms with Crippen LogP contribution in [0.25, 0.3) is 0 Å². The van der Waals surface area contributed by atoms with Crippen LogP contribution in [0.1, 0.15) is 53.9 Å².